The van der Waals surface area contributed by atoms with Gasteiger partial charge in [0, 0.05) is 20.3 Å². The van der Waals surface area contributed by atoms with Gasteiger partial charge in [0.25, 0.3) is 0 Å². The molecule has 1 aliphatic carbocycles. The molecule has 1 atom stereocenters. The maximum atomic E-state index is 9.73. The molecule has 0 radical (unpaired) electrons. The van der Waals surface area contributed by atoms with Crippen LogP contribution in [0.5, 0.6) is 0 Å². The molecule has 5 nitrogen and oxygen atoms in total. The van der Waals surface area contributed by atoms with Crippen LogP contribution in [0.4, 0.5) is 0 Å². The minimum Gasteiger partial charge on any atom is -0.394 e. The number of methoxy groups -OCH3 is 1. The Balaban J connectivity index is 2.12. The number of nitrogens with one attached hydrogen (secondary N) is 1. The maximum absolute atomic E-state index is 9.73. The number of aliphatic hydroxyl groups excluding tert-OH is 1. The van der Waals surface area contributed by atoms with E-state index in [0.29, 0.717) is 39.0 Å². The molecule has 1 saturated carbocycles. The Kier molecular flexibility index (Phi) is 9.39. The zero-order chi connectivity index (χ0) is 14.7. The van der Waals surface area contributed by atoms with Gasteiger partial charge < -0.3 is 24.6 Å². The van der Waals surface area contributed by atoms with Crippen molar-refractivity contribution in [3.05, 3.63) is 0 Å². The molecule has 0 saturated heterocycles. The summed E-state index contributed by atoms with van der Waals surface area (Å²) in [6.45, 7) is 6.46. The van der Waals surface area contributed by atoms with Gasteiger partial charge in [-0.3, -0.25) is 0 Å². The largest absolute Gasteiger partial charge is 0.394 e. The summed E-state index contributed by atoms with van der Waals surface area (Å²) in [5.41, 5.74) is -0.229. The molecule has 0 heterocycles. The van der Waals surface area contributed by atoms with Gasteiger partial charge in [-0.2, -0.15) is 0 Å². The van der Waals surface area contributed by atoms with Gasteiger partial charge in [0.05, 0.1) is 32.0 Å². The van der Waals surface area contributed by atoms with Gasteiger partial charge in [0.15, 0.2) is 0 Å². The van der Waals surface area contributed by atoms with Gasteiger partial charge >= 0.3 is 0 Å². The summed E-state index contributed by atoms with van der Waals surface area (Å²) in [6, 6.07) is 0. The van der Waals surface area contributed by atoms with Crippen LogP contribution in [0.2, 0.25) is 0 Å². The van der Waals surface area contributed by atoms with E-state index < -0.39 is 0 Å². The van der Waals surface area contributed by atoms with Crippen LogP contribution in [-0.4, -0.2) is 63.9 Å². The fourth-order valence-corrected chi connectivity index (χ4v) is 2.32. The van der Waals surface area contributed by atoms with Crippen LogP contribution in [-0.2, 0) is 14.2 Å². The lowest BCUT2D eigenvalue weighted by Gasteiger charge is -2.33. The van der Waals surface area contributed by atoms with Gasteiger partial charge in [-0.1, -0.05) is 6.92 Å². The first-order valence-corrected chi connectivity index (χ1v) is 7.79. The lowest BCUT2D eigenvalue weighted by Crippen LogP contribution is -2.54. The van der Waals surface area contributed by atoms with Gasteiger partial charge in [-0.25, -0.2) is 0 Å². The Hall–Kier alpha value is -0.200. The van der Waals surface area contributed by atoms with E-state index in [9.17, 15) is 5.11 Å². The standard InChI is InChI=1S/C15H31NO4/c1-3-7-16-15(12-17,14-5-6-14)13-20-9-4-8-19-11-10-18-2/h14,16-17H,3-13H2,1-2H3. The molecule has 0 aromatic carbocycles. The number of hydrogen-bond acceptors (Lipinski definition) is 5. The van der Waals surface area contributed by atoms with Crippen LogP contribution >= 0.6 is 0 Å². The summed E-state index contributed by atoms with van der Waals surface area (Å²) in [5, 5.41) is 13.2. The normalized spacial score (nSPS) is 18.1. The lowest BCUT2D eigenvalue weighted by molar-refractivity contribution is 0.0100. The molecular weight excluding hydrogens is 258 g/mol. The van der Waals surface area contributed by atoms with E-state index in [2.05, 4.69) is 12.2 Å². The molecule has 20 heavy (non-hydrogen) atoms. The Morgan fingerprint density at radius 3 is 2.50 bits per heavy atom. The molecule has 0 aliphatic heterocycles. The van der Waals surface area contributed by atoms with Crippen molar-refractivity contribution in [2.24, 2.45) is 5.92 Å². The summed E-state index contributed by atoms with van der Waals surface area (Å²) in [7, 11) is 1.67. The smallest absolute Gasteiger partial charge is 0.0700 e. The Labute approximate surface area is 123 Å². The number of hydrogen-bond donors (Lipinski definition) is 2. The zero-order valence-corrected chi connectivity index (χ0v) is 13.0. The molecule has 0 aromatic heterocycles. The molecule has 0 spiro atoms. The van der Waals surface area contributed by atoms with E-state index in [1.54, 1.807) is 7.11 Å². The first kappa shape index (κ1) is 17.9. The minimum atomic E-state index is -0.229. The highest BCUT2D eigenvalue weighted by atomic mass is 16.5. The molecular formula is C15H31NO4. The highest BCUT2D eigenvalue weighted by Crippen LogP contribution is 2.39. The topological polar surface area (TPSA) is 60.0 Å². The molecule has 1 aliphatic rings. The zero-order valence-electron chi connectivity index (χ0n) is 13.0. The van der Waals surface area contributed by atoms with E-state index in [1.807, 2.05) is 0 Å². The Morgan fingerprint density at radius 1 is 1.15 bits per heavy atom. The minimum absolute atomic E-state index is 0.155. The van der Waals surface area contributed by atoms with Crippen molar-refractivity contribution in [3.63, 3.8) is 0 Å². The van der Waals surface area contributed by atoms with E-state index in [1.165, 1.54) is 12.8 Å². The molecule has 1 rings (SSSR count). The van der Waals surface area contributed by atoms with E-state index in [4.69, 9.17) is 14.2 Å². The van der Waals surface area contributed by atoms with Crippen molar-refractivity contribution in [2.75, 3.05) is 53.3 Å². The first-order valence-electron chi connectivity index (χ1n) is 7.79. The maximum Gasteiger partial charge on any atom is 0.0700 e. The fraction of sp³-hybridized carbons (Fsp3) is 1.00. The van der Waals surface area contributed by atoms with E-state index >= 15 is 0 Å². The van der Waals surface area contributed by atoms with Crippen LogP contribution in [0.3, 0.4) is 0 Å². The SMILES string of the molecule is CCCNC(CO)(COCCCOCCOC)C1CC1. The highest BCUT2D eigenvalue weighted by molar-refractivity contribution is 5.00. The number of ether oxygens (including phenoxy) is 3. The lowest BCUT2D eigenvalue weighted by atomic mass is 9.95. The third kappa shape index (κ3) is 6.50. The first-order chi connectivity index (χ1) is 9.79. The number of aliphatic hydroxyl groups is 1. The summed E-state index contributed by atoms with van der Waals surface area (Å²) >= 11 is 0. The van der Waals surface area contributed by atoms with Crippen molar-refractivity contribution >= 4 is 0 Å². The van der Waals surface area contributed by atoms with Crippen molar-refractivity contribution in [1.82, 2.24) is 5.32 Å². The molecule has 5 heteroatoms. The average Bonchev–Trinajstić information content (AvgIpc) is 3.30. The fourth-order valence-electron chi connectivity index (χ4n) is 2.32. The quantitative estimate of drug-likeness (QED) is 0.471. The molecule has 0 aromatic rings. The van der Waals surface area contributed by atoms with Gasteiger partial charge in [-0.15, -0.1) is 0 Å². The van der Waals surface area contributed by atoms with Crippen molar-refractivity contribution < 1.29 is 19.3 Å². The van der Waals surface area contributed by atoms with Gasteiger partial charge in [0.1, 0.15) is 0 Å². The van der Waals surface area contributed by atoms with Gasteiger partial charge in [-0.05, 0) is 38.1 Å². The average molecular weight is 289 g/mol. The Morgan fingerprint density at radius 2 is 1.90 bits per heavy atom. The second kappa shape index (κ2) is 10.5. The molecule has 0 amide bonds. The third-order valence-electron chi connectivity index (χ3n) is 3.74. The number of rotatable bonds is 14. The van der Waals surface area contributed by atoms with Crippen molar-refractivity contribution in [2.45, 2.75) is 38.1 Å². The van der Waals surface area contributed by atoms with E-state index in [-0.39, 0.29) is 12.1 Å². The molecule has 2 N–H and O–H groups in total. The van der Waals surface area contributed by atoms with Crippen molar-refractivity contribution in [3.8, 4) is 0 Å². The van der Waals surface area contributed by atoms with Gasteiger partial charge in [0.2, 0.25) is 0 Å². The summed E-state index contributed by atoms with van der Waals surface area (Å²) < 4.78 is 16.1. The van der Waals surface area contributed by atoms with Crippen LogP contribution in [0.1, 0.15) is 32.6 Å². The summed E-state index contributed by atoms with van der Waals surface area (Å²) in [5.74, 6) is 0.567. The molecule has 1 fully saturated rings. The monoisotopic (exact) mass is 289 g/mol. The van der Waals surface area contributed by atoms with Crippen LogP contribution in [0.15, 0.2) is 0 Å². The second-order valence-electron chi connectivity index (χ2n) is 5.53. The predicted molar refractivity (Wildman–Crippen MR) is 79.0 cm³/mol. The third-order valence-corrected chi connectivity index (χ3v) is 3.74. The molecule has 120 valence electrons. The predicted octanol–water partition coefficient (Wildman–Crippen LogP) is 1.20. The molecule has 1 unspecified atom stereocenters. The molecule has 0 bridgehead atoms. The second-order valence-corrected chi connectivity index (χ2v) is 5.53. The summed E-state index contributed by atoms with van der Waals surface area (Å²) in [6.07, 6.45) is 4.34. The van der Waals surface area contributed by atoms with Crippen LogP contribution in [0.25, 0.3) is 0 Å². The van der Waals surface area contributed by atoms with Crippen LogP contribution < -0.4 is 5.32 Å². The summed E-state index contributed by atoms with van der Waals surface area (Å²) in [4.78, 5) is 0. The van der Waals surface area contributed by atoms with Crippen LogP contribution in [0, 0.1) is 5.92 Å². The Bertz CT molecular complexity index is 236. The van der Waals surface area contributed by atoms with E-state index in [0.717, 1.165) is 19.4 Å². The highest BCUT2D eigenvalue weighted by Gasteiger charge is 2.44. The van der Waals surface area contributed by atoms with Crippen molar-refractivity contribution in [1.29, 1.82) is 0 Å².